The van der Waals surface area contributed by atoms with Crippen molar-refractivity contribution in [3.63, 3.8) is 0 Å². The number of nitrogens with one attached hydrogen (secondary N) is 3. The fraction of sp³-hybridized carbons (Fsp3) is 1.00. The summed E-state index contributed by atoms with van der Waals surface area (Å²) >= 11 is 0. The topological polar surface area (TPSA) is 70.2 Å². The van der Waals surface area contributed by atoms with Gasteiger partial charge in [0.1, 0.15) is 0 Å². The zero-order valence-electron chi connectivity index (χ0n) is 10.1. The van der Waals surface area contributed by atoms with Crippen molar-refractivity contribution in [1.29, 1.82) is 0 Å². The predicted molar refractivity (Wildman–Crippen MR) is 65.4 cm³/mol. The molecule has 96 valence electrons. The highest BCUT2D eigenvalue weighted by molar-refractivity contribution is 7.87. The summed E-state index contributed by atoms with van der Waals surface area (Å²) in [4.78, 5) is 0. The highest BCUT2D eigenvalue weighted by atomic mass is 32.2. The first-order valence-corrected chi connectivity index (χ1v) is 7.45. The summed E-state index contributed by atoms with van der Waals surface area (Å²) < 4.78 is 27.8. The Morgan fingerprint density at radius 2 is 1.88 bits per heavy atom. The van der Waals surface area contributed by atoms with Crippen molar-refractivity contribution in [3.05, 3.63) is 0 Å². The maximum absolute atomic E-state index is 11.4. The zero-order chi connectivity index (χ0) is 12.0. The van der Waals surface area contributed by atoms with E-state index in [1.54, 1.807) is 0 Å². The van der Waals surface area contributed by atoms with Crippen LogP contribution in [0.2, 0.25) is 0 Å². The van der Waals surface area contributed by atoms with Crippen molar-refractivity contribution in [1.82, 2.24) is 14.8 Å². The molecule has 1 aliphatic rings. The van der Waals surface area contributed by atoms with Crippen LogP contribution in [0.25, 0.3) is 0 Å². The fourth-order valence-electron chi connectivity index (χ4n) is 1.22. The zero-order valence-corrected chi connectivity index (χ0v) is 10.9. The second-order valence-electron chi connectivity index (χ2n) is 4.72. The Kier molecular flexibility index (Phi) is 5.68. The molecule has 1 saturated carbocycles. The van der Waals surface area contributed by atoms with Crippen LogP contribution < -0.4 is 14.8 Å². The normalized spacial score (nSPS) is 16.9. The molecule has 3 N–H and O–H groups in total. The molecule has 0 aliphatic heterocycles. The SMILES string of the molecule is CC(C)CNS(=O)(=O)NCCCNC1CC1. The van der Waals surface area contributed by atoms with Crippen molar-refractivity contribution in [2.75, 3.05) is 19.6 Å². The van der Waals surface area contributed by atoms with Crippen molar-refractivity contribution in [2.45, 2.75) is 39.2 Å². The molecule has 0 saturated heterocycles. The molecule has 0 aromatic heterocycles. The van der Waals surface area contributed by atoms with Crippen molar-refractivity contribution in [2.24, 2.45) is 5.92 Å². The maximum Gasteiger partial charge on any atom is 0.276 e. The molecule has 1 rings (SSSR count). The van der Waals surface area contributed by atoms with E-state index in [9.17, 15) is 8.42 Å². The average molecular weight is 249 g/mol. The second-order valence-corrected chi connectivity index (χ2v) is 6.31. The lowest BCUT2D eigenvalue weighted by atomic mass is 10.2. The molecule has 1 aliphatic carbocycles. The molecule has 0 amide bonds. The van der Waals surface area contributed by atoms with Crippen LogP contribution >= 0.6 is 0 Å². The molecule has 0 aromatic carbocycles. The third kappa shape index (κ3) is 7.16. The molecular formula is C10H23N3O2S. The minimum atomic E-state index is -3.29. The van der Waals surface area contributed by atoms with Crippen LogP contribution in [0.3, 0.4) is 0 Å². The minimum absolute atomic E-state index is 0.327. The van der Waals surface area contributed by atoms with Crippen LogP contribution in [0.15, 0.2) is 0 Å². The number of hydrogen-bond acceptors (Lipinski definition) is 3. The molecule has 6 heteroatoms. The second kappa shape index (κ2) is 6.54. The smallest absolute Gasteiger partial charge is 0.276 e. The molecule has 0 radical (unpaired) electrons. The Labute approximate surface area is 98.6 Å². The maximum atomic E-state index is 11.4. The quantitative estimate of drug-likeness (QED) is 0.512. The van der Waals surface area contributed by atoms with Gasteiger partial charge in [0.2, 0.25) is 0 Å². The van der Waals surface area contributed by atoms with Gasteiger partial charge in [-0.25, -0.2) is 9.44 Å². The first kappa shape index (κ1) is 13.9. The van der Waals surface area contributed by atoms with E-state index in [0.29, 0.717) is 25.0 Å². The molecule has 0 bridgehead atoms. The van der Waals surface area contributed by atoms with Crippen LogP contribution in [0.4, 0.5) is 0 Å². The average Bonchev–Trinajstić information content (AvgIpc) is 2.98. The fourth-order valence-corrected chi connectivity index (χ4v) is 2.28. The van der Waals surface area contributed by atoms with Crippen LogP contribution in [0.5, 0.6) is 0 Å². The summed E-state index contributed by atoms with van der Waals surface area (Å²) in [5, 5.41) is 3.34. The summed E-state index contributed by atoms with van der Waals surface area (Å²) in [6.07, 6.45) is 3.36. The van der Waals surface area contributed by atoms with E-state index in [2.05, 4.69) is 14.8 Å². The van der Waals surface area contributed by atoms with E-state index in [4.69, 9.17) is 0 Å². The largest absolute Gasteiger partial charge is 0.314 e. The molecule has 0 atom stereocenters. The van der Waals surface area contributed by atoms with Gasteiger partial charge < -0.3 is 5.32 Å². The first-order valence-electron chi connectivity index (χ1n) is 5.97. The Morgan fingerprint density at radius 3 is 2.44 bits per heavy atom. The van der Waals surface area contributed by atoms with Gasteiger partial charge in [-0.2, -0.15) is 8.42 Å². The third-order valence-electron chi connectivity index (χ3n) is 2.34. The molecule has 0 heterocycles. The van der Waals surface area contributed by atoms with E-state index in [-0.39, 0.29) is 0 Å². The highest BCUT2D eigenvalue weighted by Crippen LogP contribution is 2.18. The van der Waals surface area contributed by atoms with E-state index in [0.717, 1.165) is 13.0 Å². The van der Waals surface area contributed by atoms with Crippen LogP contribution in [-0.2, 0) is 10.2 Å². The lowest BCUT2D eigenvalue weighted by Crippen LogP contribution is -2.39. The molecule has 0 unspecified atom stereocenters. The highest BCUT2D eigenvalue weighted by Gasteiger charge is 2.19. The summed E-state index contributed by atoms with van der Waals surface area (Å²) in [7, 11) is -3.29. The van der Waals surface area contributed by atoms with Gasteiger partial charge in [0.05, 0.1) is 0 Å². The Hall–Kier alpha value is -0.170. The molecule has 16 heavy (non-hydrogen) atoms. The van der Waals surface area contributed by atoms with Gasteiger partial charge in [0.15, 0.2) is 0 Å². The van der Waals surface area contributed by atoms with E-state index >= 15 is 0 Å². The monoisotopic (exact) mass is 249 g/mol. The van der Waals surface area contributed by atoms with Crippen molar-refractivity contribution < 1.29 is 8.42 Å². The van der Waals surface area contributed by atoms with Crippen LogP contribution in [0.1, 0.15) is 33.1 Å². The van der Waals surface area contributed by atoms with Gasteiger partial charge in [-0.15, -0.1) is 0 Å². The number of rotatable bonds is 9. The first-order chi connectivity index (χ1) is 7.49. The standard InChI is InChI=1S/C10H23N3O2S/c1-9(2)8-13-16(14,15)12-7-3-6-11-10-4-5-10/h9-13H,3-8H2,1-2H3. The lowest BCUT2D eigenvalue weighted by Gasteiger charge is -2.10. The minimum Gasteiger partial charge on any atom is -0.314 e. The Morgan fingerprint density at radius 1 is 1.19 bits per heavy atom. The summed E-state index contributed by atoms with van der Waals surface area (Å²) in [6, 6.07) is 0.690. The van der Waals surface area contributed by atoms with Crippen molar-refractivity contribution >= 4 is 10.2 Å². The van der Waals surface area contributed by atoms with E-state index in [1.807, 2.05) is 13.8 Å². The molecular weight excluding hydrogens is 226 g/mol. The predicted octanol–water partition coefficient (Wildman–Crippen LogP) is 0.209. The number of hydrogen-bond donors (Lipinski definition) is 3. The van der Waals surface area contributed by atoms with Gasteiger partial charge in [0.25, 0.3) is 10.2 Å². The molecule has 1 fully saturated rings. The van der Waals surface area contributed by atoms with Gasteiger partial charge in [-0.1, -0.05) is 13.8 Å². The molecule has 0 spiro atoms. The van der Waals surface area contributed by atoms with E-state index < -0.39 is 10.2 Å². The molecule has 0 aromatic rings. The van der Waals surface area contributed by atoms with E-state index in [1.165, 1.54) is 12.8 Å². The summed E-state index contributed by atoms with van der Waals surface area (Å²) in [5.41, 5.74) is 0. The summed E-state index contributed by atoms with van der Waals surface area (Å²) in [6.45, 7) is 5.81. The van der Waals surface area contributed by atoms with Gasteiger partial charge in [-0.3, -0.25) is 0 Å². The van der Waals surface area contributed by atoms with Crippen molar-refractivity contribution in [3.8, 4) is 0 Å². The Balaban J connectivity index is 2.00. The van der Waals surface area contributed by atoms with Crippen LogP contribution in [0, 0.1) is 5.92 Å². The lowest BCUT2D eigenvalue weighted by molar-refractivity contribution is 0.543. The van der Waals surface area contributed by atoms with Gasteiger partial charge in [-0.05, 0) is 31.7 Å². The summed E-state index contributed by atoms with van der Waals surface area (Å²) in [5.74, 6) is 0.327. The van der Waals surface area contributed by atoms with Gasteiger partial charge in [0, 0.05) is 19.1 Å². The molecule has 5 nitrogen and oxygen atoms in total. The third-order valence-corrected chi connectivity index (χ3v) is 3.47. The Bertz CT molecular complexity index is 286. The van der Waals surface area contributed by atoms with Crippen LogP contribution in [-0.4, -0.2) is 34.1 Å². The van der Waals surface area contributed by atoms with Gasteiger partial charge >= 0.3 is 0 Å².